The molecule has 0 saturated heterocycles. The Morgan fingerprint density at radius 3 is 2.23 bits per heavy atom. The molecule has 0 fully saturated rings. The van der Waals surface area contributed by atoms with Crippen molar-refractivity contribution >= 4 is 21.6 Å². The second-order valence-corrected chi connectivity index (χ2v) is 9.58. The van der Waals surface area contributed by atoms with Gasteiger partial charge in [-0.15, -0.1) is 0 Å². The maximum Gasteiger partial charge on any atom is 0.263 e. The van der Waals surface area contributed by atoms with Gasteiger partial charge in [0.05, 0.1) is 10.5 Å². The molecule has 156 valence electrons. The number of ether oxygens (including phenoxy) is 1. The number of carbonyl (C=O) groups is 1. The van der Waals surface area contributed by atoms with Crippen LogP contribution < -0.4 is 9.46 Å². The number of rotatable bonds is 6. The fourth-order valence-corrected chi connectivity index (χ4v) is 3.82. The Bertz CT molecular complexity index is 1150. The Kier molecular flexibility index (Phi) is 5.94. The highest BCUT2D eigenvalue weighted by molar-refractivity contribution is 7.92. The number of anilines is 1. The Morgan fingerprint density at radius 1 is 1.00 bits per heavy atom. The molecular weight excluding hydrogens is 400 g/mol. The van der Waals surface area contributed by atoms with Gasteiger partial charge in [-0.3, -0.25) is 9.52 Å². The van der Waals surface area contributed by atoms with Gasteiger partial charge in [-0.25, -0.2) is 13.4 Å². The number of nitrogens with one attached hydrogen (secondary N) is 1. The summed E-state index contributed by atoms with van der Waals surface area (Å²) in [5.74, 6) is 0.248. The lowest BCUT2D eigenvalue weighted by atomic mass is 10.0. The van der Waals surface area contributed by atoms with Crippen LogP contribution in [0.1, 0.15) is 42.3 Å². The predicted molar refractivity (Wildman–Crippen MR) is 116 cm³/mol. The molecule has 7 heteroatoms. The minimum atomic E-state index is -3.95. The zero-order valence-electron chi connectivity index (χ0n) is 17.3. The van der Waals surface area contributed by atoms with Crippen molar-refractivity contribution in [2.45, 2.75) is 38.2 Å². The summed E-state index contributed by atoms with van der Waals surface area (Å²) in [6, 6.07) is 16.4. The summed E-state index contributed by atoms with van der Waals surface area (Å²) >= 11 is 0. The highest BCUT2D eigenvalue weighted by atomic mass is 32.2. The van der Waals surface area contributed by atoms with Crippen LogP contribution in [-0.4, -0.2) is 24.8 Å². The van der Waals surface area contributed by atoms with Gasteiger partial charge < -0.3 is 4.74 Å². The molecule has 1 heterocycles. The Labute approximate surface area is 177 Å². The molecule has 0 atom stereocenters. The lowest BCUT2D eigenvalue weighted by Gasteiger charge is -2.21. The first-order valence-electron chi connectivity index (χ1n) is 9.43. The maximum absolute atomic E-state index is 12.9. The van der Waals surface area contributed by atoms with Crippen molar-refractivity contribution in [3.05, 3.63) is 83.6 Å². The lowest BCUT2D eigenvalue weighted by molar-refractivity contribution is 0.103. The van der Waals surface area contributed by atoms with Crippen LogP contribution in [0, 0.1) is 6.92 Å². The van der Waals surface area contributed by atoms with E-state index in [9.17, 15) is 13.2 Å². The van der Waals surface area contributed by atoms with E-state index in [1.807, 2.05) is 26.8 Å². The van der Waals surface area contributed by atoms with Gasteiger partial charge in [0, 0.05) is 11.8 Å². The number of aromatic nitrogens is 1. The van der Waals surface area contributed by atoms with Gasteiger partial charge in [-0.05, 0) is 63.6 Å². The highest BCUT2D eigenvalue weighted by Crippen LogP contribution is 2.24. The molecule has 0 amide bonds. The van der Waals surface area contributed by atoms with E-state index in [0.29, 0.717) is 11.3 Å². The molecule has 1 N–H and O–H groups in total. The predicted octanol–water partition coefficient (Wildman–Crippen LogP) is 4.60. The maximum atomic E-state index is 12.9. The standard InChI is InChI=1S/C23H24N2O4S/c1-16-14-20(21(26)17-8-6-5-7-9-17)22(24-15-16)25-30(27,28)19-12-10-18(11-13-19)29-23(2,3)4/h5-15H,1-4H3,(H,24,25). The molecular formula is C23H24N2O4S. The van der Waals surface area contributed by atoms with E-state index in [2.05, 4.69) is 9.71 Å². The van der Waals surface area contributed by atoms with Gasteiger partial charge in [-0.1, -0.05) is 30.3 Å². The number of sulfonamides is 1. The number of pyridine rings is 1. The van der Waals surface area contributed by atoms with Crippen molar-refractivity contribution in [2.75, 3.05) is 4.72 Å². The second-order valence-electron chi connectivity index (χ2n) is 7.90. The number of carbonyl (C=O) groups excluding carboxylic acids is 1. The first-order chi connectivity index (χ1) is 14.0. The van der Waals surface area contributed by atoms with E-state index < -0.39 is 15.6 Å². The normalized spacial score (nSPS) is 11.7. The number of hydrogen-bond acceptors (Lipinski definition) is 5. The summed E-state index contributed by atoms with van der Waals surface area (Å²) < 4.78 is 34.0. The van der Waals surface area contributed by atoms with Crippen LogP contribution >= 0.6 is 0 Å². The molecule has 6 nitrogen and oxygen atoms in total. The zero-order valence-corrected chi connectivity index (χ0v) is 18.2. The molecule has 0 aliphatic rings. The number of hydrogen-bond donors (Lipinski definition) is 1. The van der Waals surface area contributed by atoms with Crippen molar-refractivity contribution in [2.24, 2.45) is 0 Å². The van der Waals surface area contributed by atoms with Gasteiger partial charge in [-0.2, -0.15) is 0 Å². The van der Waals surface area contributed by atoms with Gasteiger partial charge in [0.1, 0.15) is 11.4 Å². The molecule has 0 saturated carbocycles. The molecule has 3 rings (SSSR count). The van der Waals surface area contributed by atoms with Crippen LogP contribution in [0.3, 0.4) is 0 Å². The number of nitrogens with zero attached hydrogens (tertiary/aromatic N) is 1. The summed E-state index contributed by atoms with van der Waals surface area (Å²) in [6.07, 6.45) is 1.51. The second kappa shape index (κ2) is 8.28. The highest BCUT2D eigenvalue weighted by Gasteiger charge is 2.21. The minimum Gasteiger partial charge on any atom is -0.488 e. The SMILES string of the molecule is Cc1cnc(NS(=O)(=O)c2ccc(OC(C)(C)C)cc2)c(C(=O)c2ccccc2)c1. The number of ketones is 1. The molecule has 3 aromatic rings. The number of aryl methyl sites for hydroxylation is 1. The smallest absolute Gasteiger partial charge is 0.263 e. The Balaban J connectivity index is 1.91. The molecule has 0 unspecified atom stereocenters. The molecule has 1 aromatic heterocycles. The first-order valence-corrected chi connectivity index (χ1v) is 10.9. The van der Waals surface area contributed by atoms with E-state index in [0.717, 1.165) is 5.56 Å². The lowest BCUT2D eigenvalue weighted by Crippen LogP contribution is -2.23. The molecule has 0 spiro atoms. The van der Waals surface area contributed by atoms with Gasteiger partial charge in [0.2, 0.25) is 0 Å². The van der Waals surface area contributed by atoms with E-state index >= 15 is 0 Å². The third-order valence-electron chi connectivity index (χ3n) is 4.09. The van der Waals surface area contributed by atoms with Crippen LogP contribution in [0.2, 0.25) is 0 Å². The molecule has 0 radical (unpaired) electrons. The van der Waals surface area contributed by atoms with Crippen molar-refractivity contribution in [3.8, 4) is 5.75 Å². The van der Waals surface area contributed by atoms with Crippen LogP contribution in [-0.2, 0) is 10.0 Å². The van der Waals surface area contributed by atoms with Crippen LogP contribution in [0.5, 0.6) is 5.75 Å². The molecule has 2 aromatic carbocycles. The molecule has 0 aliphatic heterocycles. The summed E-state index contributed by atoms with van der Waals surface area (Å²) in [6.45, 7) is 7.52. The Hall–Kier alpha value is -3.19. The van der Waals surface area contributed by atoms with E-state index in [1.165, 1.54) is 18.3 Å². The van der Waals surface area contributed by atoms with Crippen LogP contribution in [0.15, 0.2) is 71.8 Å². The monoisotopic (exact) mass is 424 g/mol. The summed E-state index contributed by atoms with van der Waals surface area (Å²) in [5.41, 5.74) is 1.00. The van der Waals surface area contributed by atoms with Crippen molar-refractivity contribution < 1.29 is 17.9 Å². The number of benzene rings is 2. The van der Waals surface area contributed by atoms with Crippen LogP contribution in [0.4, 0.5) is 5.82 Å². The van der Waals surface area contributed by atoms with Gasteiger partial charge >= 0.3 is 0 Å². The fraction of sp³-hybridized carbons (Fsp3) is 0.217. The fourth-order valence-electron chi connectivity index (χ4n) is 2.80. The zero-order chi connectivity index (χ0) is 21.9. The van der Waals surface area contributed by atoms with Crippen molar-refractivity contribution in [1.29, 1.82) is 0 Å². The average molecular weight is 425 g/mol. The minimum absolute atomic E-state index is 0.00975. The summed E-state index contributed by atoms with van der Waals surface area (Å²) in [4.78, 5) is 17.1. The van der Waals surface area contributed by atoms with E-state index in [-0.39, 0.29) is 22.1 Å². The Morgan fingerprint density at radius 2 is 1.63 bits per heavy atom. The van der Waals surface area contributed by atoms with E-state index in [1.54, 1.807) is 49.4 Å². The quantitative estimate of drug-likeness (QED) is 0.585. The largest absolute Gasteiger partial charge is 0.488 e. The first kappa shape index (κ1) is 21.5. The van der Waals surface area contributed by atoms with Crippen molar-refractivity contribution in [1.82, 2.24) is 4.98 Å². The van der Waals surface area contributed by atoms with Crippen LogP contribution in [0.25, 0.3) is 0 Å². The topological polar surface area (TPSA) is 85.4 Å². The third kappa shape index (κ3) is 5.24. The van der Waals surface area contributed by atoms with E-state index in [4.69, 9.17) is 4.74 Å². The van der Waals surface area contributed by atoms with Gasteiger partial charge in [0.25, 0.3) is 10.0 Å². The molecule has 0 aliphatic carbocycles. The van der Waals surface area contributed by atoms with Crippen molar-refractivity contribution in [3.63, 3.8) is 0 Å². The average Bonchev–Trinajstić information content (AvgIpc) is 2.68. The molecule has 30 heavy (non-hydrogen) atoms. The van der Waals surface area contributed by atoms with Gasteiger partial charge in [0.15, 0.2) is 11.6 Å². The summed E-state index contributed by atoms with van der Waals surface area (Å²) in [5, 5.41) is 0. The third-order valence-corrected chi connectivity index (χ3v) is 5.45. The summed E-state index contributed by atoms with van der Waals surface area (Å²) in [7, 11) is -3.95. The molecule has 0 bridgehead atoms.